The highest BCUT2D eigenvalue weighted by atomic mass is 35.5. The lowest BCUT2D eigenvalue weighted by atomic mass is 10.1. The van der Waals surface area contributed by atoms with Crippen LogP contribution in [-0.4, -0.2) is 41.6 Å². The molecule has 9 heteroatoms. The lowest BCUT2D eigenvalue weighted by molar-refractivity contribution is -0.132. The molecule has 128 valence electrons. The number of carbonyl (C=O) groups is 2. The summed E-state index contributed by atoms with van der Waals surface area (Å²) in [7, 11) is 0. The molecule has 2 rings (SSSR count). The van der Waals surface area contributed by atoms with Gasteiger partial charge in [0.25, 0.3) is 5.91 Å². The minimum Gasteiger partial charge on any atom is -0.447 e. The normalized spacial score (nSPS) is 18.9. The Morgan fingerprint density at radius 1 is 1.48 bits per heavy atom. The molecule has 1 aliphatic rings. The fraction of sp³-hybridized carbons (Fsp3) is 0.643. The second kappa shape index (κ2) is 8.28. The second-order valence-electron chi connectivity index (χ2n) is 5.57. The van der Waals surface area contributed by atoms with Gasteiger partial charge in [-0.3, -0.25) is 4.79 Å². The molecule has 0 bridgehead atoms. The molecule has 0 unspecified atom stereocenters. The van der Waals surface area contributed by atoms with Crippen LogP contribution in [0.2, 0.25) is 9.36 Å². The SMILES string of the molecule is CC(C)[C@H](OC(=O)c1nsc(Cl)c1Cl)C(=O)NC[C@H]1CCCO1. The van der Waals surface area contributed by atoms with Crippen LogP contribution in [0.25, 0.3) is 0 Å². The van der Waals surface area contributed by atoms with Crippen LogP contribution < -0.4 is 5.32 Å². The number of carbonyl (C=O) groups excluding carboxylic acids is 2. The molecular weight excluding hydrogens is 363 g/mol. The summed E-state index contributed by atoms with van der Waals surface area (Å²) in [6.45, 7) is 4.70. The monoisotopic (exact) mass is 380 g/mol. The molecular formula is C14H18Cl2N2O4S. The average Bonchev–Trinajstić information content (AvgIpc) is 3.13. The number of nitrogens with zero attached hydrogens (tertiary/aromatic N) is 1. The summed E-state index contributed by atoms with van der Waals surface area (Å²) in [6.07, 6.45) is 1.00. The second-order valence-corrected chi connectivity index (χ2v) is 7.32. The summed E-state index contributed by atoms with van der Waals surface area (Å²) in [4.78, 5) is 24.4. The highest BCUT2D eigenvalue weighted by Gasteiger charge is 2.30. The van der Waals surface area contributed by atoms with E-state index in [0.29, 0.717) is 13.2 Å². The number of halogens is 2. The van der Waals surface area contributed by atoms with E-state index in [9.17, 15) is 9.59 Å². The van der Waals surface area contributed by atoms with Crippen LogP contribution >= 0.6 is 34.7 Å². The van der Waals surface area contributed by atoms with Crippen LogP contribution in [0, 0.1) is 5.92 Å². The van der Waals surface area contributed by atoms with E-state index in [4.69, 9.17) is 32.7 Å². The van der Waals surface area contributed by atoms with Crippen molar-refractivity contribution in [2.45, 2.75) is 38.9 Å². The maximum atomic E-state index is 12.3. The van der Waals surface area contributed by atoms with Gasteiger partial charge in [-0.15, -0.1) is 0 Å². The molecule has 2 atom stereocenters. The van der Waals surface area contributed by atoms with Crippen molar-refractivity contribution >= 4 is 46.6 Å². The highest BCUT2D eigenvalue weighted by Crippen LogP contribution is 2.30. The summed E-state index contributed by atoms with van der Waals surface area (Å²) in [5, 5.41) is 2.81. The Morgan fingerprint density at radius 2 is 2.22 bits per heavy atom. The minimum atomic E-state index is -0.930. The number of esters is 1. The van der Waals surface area contributed by atoms with Crippen molar-refractivity contribution in [1.29, 1.82) is 0 Å². The molecule has 0 saturated carbocycles. The van der Waals surface area contributed by atoms with E-state index < -0.39 is 12.1 Å². The molecule has 2 heterocycles. The Labute approximate surface area is 148 Å². The zero-order valence-electron chi connectivity index (χ0n) is 12.8. The minimum absolute atomic E-state index is 0.0225. The van der Waals surface area contributed by atoms with Crippen LogP contribution in [0.3, 0.4) is 0 Å². The first-order chi connectivity index (χ1) is 10.9. The maximum absolute atomic E-state index is 12.3. The Kier molecular flexibility index (Phi) is 6.64. The van der Waals surface area contributed by atoms with Crippen molar-refractivity contribution in [3.8, 4) is 0 Å². The summed E-state index contributed by atoms with van der Waals surface area (Å²) in [6, 6.07) is 0. The van der Waals surface area contributed by atoms with Crippen molar-refractivity contribution < 1.29 is 19.1 Å². The third-order valence-electron chi connectivity index (χ3n) is 3.42. The number of hydrogen-bond donors (Lipinski definition) is 1. The molecule has 1 aromatic heterocycles. The third-order valence-corrected chi connectivity index (χ3v) is 5.03. The number of nitrogens with one attached hydrogen (secondary N) is 1. The van der Waals surface area contributed by atoms with E-state index in [2.05, 4.69) is 9.69 Å². The first-order valence-corrected chi connectivity index (χ1v) is 8.84. The summed E-state index contributed by atoms with van der Waals surface area (Å²) >= 11 is 12.6. The molecule has 1 aromatic rings. The number of rotatable bonds is 6. The lowest BCUT2D eigenvalue weighted by Gasteiger charge is -2.21. The predicted octanol–water partition coefficient (Wildman–Crippen LogP) is 2.93. The van der Waals surface area contributed by atoms with E-state index in [-0.39, 0.29) is 33.0 Å². The Bertz CT molecular complexity index is 573. The van der Waals surface area contributed by atoms with Gasteiger partial charge in [-0.05, 0) is 30.3 Å². The van der Waals surface area contributed by atoms with Gasteiger partial charge < -0.3 is 14.8 Å². The first kappa shape index (κ1) is 18.4. The van der Waals surface area contributed by atoms with Gasteiger partial charge in [0, 0.05) is 13.2 Å². The van der Waals surface area contributed by atoms with E-state index in [1.807, 2.05) is 0 Å². The van der Waals surface area contributed by atoms with Crippen LogP contribution in [0.15, 0.2) is 0 Å². The molecule has 6 nitrogen and oxygen atoms in total. The standard InChI is InChI=1S/C14H18Cl2N2O4S/c1-7(2)11(13(19)17-6-8-4-3-5-21-8)22-14(20)10-9(15)12(16)23-18-10/h7-8,11H,3-6H2,1-2H3,(H,17,19)/t8-,11+/m1/s1. The van der Waals surface area contributed by atoms with Crippen LogP contribution in [0.5, 0.6) is 0 Å². The molecule has 1 N–H and O–H groups in total. The van der Waals surface area contributed by atoms with Gasteiger partial charge in [-0.2, -0.15) is 4.37 Å². The summed E-state index contributed by atoms with van der Waals surface area (Å²) in [5.41, 5.74) is -0.0701. The van der Waals surface area contributed by atoms with E-state index in [1.165, 1.54) is 0 Å². The van der Waals surface area contributed by atoms with Gasteiger partial charge in [0.1, 0.15) is 9.36 Å². The fourth-order valence-electron chi connectivity index (χ4n) is 2.17. The molecule has 0 aliphatic carbocycles. The van der Waals surface area contributed by atoms with Gasteiger partial charge in [0.2, 0.25) is 0 Å². The summed E-state index contributed by atoms with van der Waals surface area (Å²) in [5.74, 6) is -1.32. The van der Waals surface area contributed by atoms with Gasteiger partial charge in [-0.1, -0.05) is 37.0 Å². The van der Waals surface area contributed by atoms with E-state index in [0.717, 1.165) is 24.4 Å². The highest BCUT2D eigenvalue weighted by molar-refractivity contribution is 7.11. The van der Waals surface area contributed by atoms with Crippen molar-refractivity contribution in [3.63, 3.8) is 0 Å². The molecule has 1 fully saturated rings. The molecule has 0 radical (unpaired) electrons. The summed E-state index contributed by atoms with van der Waals surface area (Å²) < 4.78 is 14.8. The first-order valence-electron chi connectivity index (χ1n) is 7.31. The molecule has 0 aromatic carbocycles. The Hall–Kier alpha value is -0.890. The maximum Gasteiger partial charge on any atom is 0.360 e. The third kappa shape index (κ3) is 4.79. The zero-order valence-corrected chi connectivity index (χ0v) is 15.1. The molecule has 0 spiro atoms. The molecule has 1 amide bonds. The van der Waals surface area contributed by atoms with Crippen LogP contribution in [0.4, 0.5) is 0 Å². The molecule has 1 saturated heterocycles. The average molecular weight is 381 g/mol. The number of ether oxygens (including phenoxy) is 2. The zero-order chi connectivity index (χ0) is 17.0. The van der Waals surface area contributed by atoms with Crippen LogP contribution in [-0.2, 0) is 14.3 Å². The van der Waals surface area contributed by atoms with Crippen molar-refractivity contribution in [2.75, 3.05) is 13.2 Å². The molecule has 23 heavy (non-hydrogen) atoms. The lowest BCUT2D eigenvalue weighted by Crippen LogP contribution is -2.43. The smallest absolute Gasteiger partial charge is 0.360 e. The molecule has 1 aliphatic heterocycles. The number of aromatic nitrogens is 1. The predicted molar refractivity (Wildman–Crippen MR) is 88.2 cm³/mol. The number of hydrogen-bond acceptors (Lipinski definition) is 6. The fourth-order valence-corrected chi connectivity index (χ4v) is 3.15. The van der Waals surface area contributed by atoms with Gasteiger partial charge >= 0.3 is 5.97 Å². The van der Waals surface area contributed by atoms with Gasteiger partial charge in [0.15, 0.2) is 11.8 Å². The van der Waals surface area contributed by atoms with Crippen molar-refractivity contribution in [2.24, 2.45) is 5.92 Å². The van der Waals surface area contributed by atoms with Gasteiger partial charge in [0.05, 0.1) is 6.10 Å². The Balaban J connectivity index is 1.95. The van der Waals surface area contributed by atoms with E-state index in [1.54, 1.807) is 13.8 Å². The number of amides is 1. The topological polar surface area (TPSA) is 77.5 Å². The van der Waals surface area contributed by atoms with Crippen molar-refractivity contribution in [1.82, 2.24) is 9.69 Å². The van der Waals surface area contributed by atoms with Crippen molar-refractivity contribution in [3.05, 3.63) is 15.1 Å². The quantitative estimate of drug-likeness (QED) is 0.767. The largest absolute Gasteiger partial charge is 0.447 e. The van der Waals surface area contributed by atoms with E-state index >= 15 is 0 Å². The van der Waals surface area contributed by atoms with Gasteiger partial charge in [-0.25, -0.2) is 4.79 Å². The Morgan fingerprint density at radius 3 is 2.74 bits per heavy atom. The van der Waals surface area contributed by atoms with Crippen LogP contribution in [0.1, 0.15) is 37.2 Å².